The van der Waals surface area contributed by atoms with Crippen LogP contribution in [0, 0.1) is 6.92 Å². The molecule has 2 rings (SSSR count). The molecule has 2 aromatic rings. The van der Waals surface area contributed by atoms with Crippen molar-refractivity contribution >= 4 is 11.6 Å². The zero-order chi connectivity index (χ0) is 14.5. The Kier molecular flexibility index (Phi) is 4.37. The Morgan fingerprint density at radius 2 is 1.95 bits per heavy atom. The predicted octanol–water partition coefficient (Wildman–Crippen LogP) is 1.72. The molecule has 0 amide bonds. The normalized spacial score (nSPS) is 10.2. The van der Waals surface area contributed by atoms with E-state index < -0.39 is 0 Å². The van der Waals surface area contributed by atoms with Gasteiger partial charge in [-0.3, -0.25) is 0 Å². The number of hydrazine groups is 1. The number of nitrogens with zero attached hydrogens (tertiary/aromatic N) is 3. The van der Waals surface area contributed by atoms with Crippen LogP contribution in [0.15, 0.2) is 30.6 Å². The standard InChI is InChI=1S/C14H19N5O/c1-10-13(18-15)16-9-17-14(10)19(2)8-11-4-6-12(20-3)7-5-11/h4-7,9H,8,15H2,1-3H3,(H,16,17,18). The summed E-state index contributed by atoms with van der Waals surface area (Å²) in [5.74, 6) is 7.77. The van der Waals surface area contributed by atoms with Crippen molar-refractivity contribution in [2.24, 2.45) is 5.84 Å². The minimum atomic E-state index is 0.636. The highest BCUT2D eigenvalue weighted by Gasteiger charge is 2.10. The highest BCUT2D eigenvalue weighted by atomic mass is 16.5. The fraction of sp³-hybridized carbons (Fsp3) is 0.286. The summed E-state index contributed by atoms with van der Waals surface area (Å²) in [6.07, 6.45) is 1.50. The molecule has 0 aliphatic rings. The summed E-state index contributed by atoms with van der Waals surface area (Å²) in [7, 11) is 3.65. The average molecular weight is 273 g/mol. The summed E-state index contributed by atoms with van der Waals surface area (Å²) in [5, 5.41) is 0. The maximum Gasteiger partial charge on any atom is 0.148 e. The number of hydrogen-bond donors (Lipinski definition) is 2. The zero-order valence-corrected chi connectivity index (χ0v) is 11.9. The van der Waals surface area contributed by atoms with Crippen molar-refractivity contribution in [3.8, 4) is 5.75 Å². The van der Waals surface area contributed by atoms with Crippen LogP contribution >= 0.6 is 0 Å². The monoisotopic (exact) mass is 273 g/mol. The van der Waals surface area contributed by atoms with Crippen molar-refractivity contribution in [1.29, 1.82) is 0 Å². The number of nitrogens with one attached hydrogen (secondary N) is 1. The second-order valence-corrected chi connectivity index (χ2v) is 4.52. The minimum absolute atomic E-state index is 0.636. The molecule has 0 saturated heterocycles. The maximum atomic E-state index is 5.43. The number of benzene rings is 1. The van der Waals surface area contributed by atoms with Crippen molar-refractivity contribution < 1.29 is 4.74 Å². The molecule has 1 aromatic heterocycles. The molecule has 0 bridgehead atoms. The summed E-state index contributed by atoms with van der Waals surface area (Å²) in [6, 6.07) is 7.97. The molecule has 3 N–H and O–H groups in total. The number of methoxy groups -OCH3 is 1. The van der Waals surface area contributed by atoms with Gasteiger partial charge in [0.25, 0.3) is 0 Å². The largest absolute Gasteiger partial charge is 0.497 e. The third-order valence-corrected chi connectivity index (χ3v) is 3.13. The summed E-state index contributed by atoms with van der Waals surface area (Å²) < 4.78 is 5.15. The van der Waals surface area contributed by atoms with Gasteiger partial charge in [-0.2, -0.15) is 0 Å². The number of rotatable bonds is 5. The summed E-state index contributed by atoms with van der Waals surface area (Å²) in [4.78, 5) is 10.4. The van der Waals surface area contributed by atoms with Gasteiger partial charge >= 0.3 is 0 Å². The van der Waals surface area contributed by atoms with E-state index in [1.54, 1.807) is 7.11 Å². The van der Waals surface area contributed by atoms with Gasteiger partial charge in [-0.05, 0) is 24.6 Å². The molecule has 1 aromatic carbocycles. The van der Waals surface area contributed by atoms with Crippen molar-refractivity contribution in [1.82, 2.24) is 9.97 Å². The first-order valence-corrected chi connectivity index (χ1v) is 6.28. The molecule has 0 atom stereocenters. The van der Waals surface area contributed by atoms with Crippen LogP contribution in [0.2, 0.25) is 0 Å². The van der Waals surface area contributed by atoms with Crippen LogP contribution in [0.3, 0.4) is 0 Å². The van der Waals surface area contributed by atoms with E-state index >= 15 is 0 Å². The van der Waals surface area contributed by atoms with Crippen LogP contribution in [0.5, 0.6) is 5.75 Å². The minimum Gasteiger partial charge on any atom is -0.497 e. The molecule has 0 spiro atoms. The van der Waals surface area contributed by atoms with E-state index in [2.05, 4.69) is 20.3 Å². The van der Waals surface area contributed by atoms with Gasteiger partial charge < -0.3 is 15.1 Å². The first-order valence-electron chi connectivity index (χ1n) is 6.28. The Balaban J connectivity index is 2.16. The fourth-order valence-electron chi connectivity index (χ4n) is 2.05. The van der Waals surface area contributed by atoms with E-state index in [1.807, 2.05) is 38.2 Å². The molecule has 106 valence electrons. The van der Waals surface area contributed by atoms with Gasteiger partial charge in [0, 0.05) is 19.2 Å². The van der Waals surface area contributed by atoms with Gasteiger partial charge in [0.1, 0.15) is 23.7 Å². The number of ether oxygens (including phenoxy) is 1. The lowest BCUT2D eigenvalue weighted by Crippen LogP contribution is -2.20. The SMILES string of the molecule is COc1ccc(CN(C)c2ncnc(NN)c2C)cc1. The molecule has 6 heteroatoms. The molecule has 0 fully saturated rings. The smallest absolute Gasteiger partial charge is 0.148 e. The predicted molar refractivity (Wildman–Crippen MR) is 79.7 cm³/mol. The second kappa shape index (κ2) is 6.21. The maximum absolute atomic E-state index is 5.43. The highest BCUT2D eigenvalue weighted by Crippen LogP contribution is 2.22. The molecule has 0 unspecified atom stereocenters. The summed E-state index contributed by atoms with van der Waals surface area (Å²) in [6.45, 7) is 2.68. The summed E-state index contributed by atoms with van der Waals surface area (Å²) >= 11 is 0. The van der Waals surface area contributed by atoms with E-state index in [9.17, 15) is 0 Å². The Bertz CT molecular complexity index is 570. The Morgan fingerprint density at radius 3 is 2.55 bits per heavy atom. The van der Waals surface area contributed by atoms with E-state index in [0.29, 0.717) is 5.82 Å². The average Bonchev–Trinajstić information content (AvgIpc) is 2.48. The first kappa shape index (κ1) is 14.1. The highest BCUT2D eigenvalue weighted by molar-refractivity contribution is 5.57. The van der Waals surface area contributed by atoms with Crippen LogP contribution < -0.4 is 20.9 Å². The van der Waals surface area contributed by atoms with Crippen LogP contribution in [-0.2, 0) is 6.54 Å². The van der Waals surface area contributed by atoms with Crippen LogP contribution in [-0.4, -0.2) is 24.1 Å². The molecule has 1 heterocycles. The van der Waals surface area contributed by atoms with E-state index in [0.717, 1.165) is 23.7 Å². The Labute approximate surface area is 118 Å². The molecule has 0 aliphatic heterocycles. The van der Waals surface area contributed by atoms with Gasteiger partial charge in [-0.15, -0.1) is 0 Å². The van der Waals surface area contributed by atoms with Crippen LogP contribution in [0.25, 0.3) is 0 Å². The van der Waals surface area contributed by atoms with E-state index in [4.69, 9.17) is 10.6 Å². The van der Waals surface area contributed by atoms with Crippen molar-refractivity contribution in [3.05, 3.63) is 41.7 Å². The van der Waals surface area contributed by atoms with Gasteiger partial charge in [0.05, 0.1) is 7.11 Å². The Hall–Kier alpha value is -2.34. The van der Waals surface area contributed by atoms with Gasteiger partial charge in [-0.25, -0.2) is 15.8 Å². The Morgan fingerprint density at radius 1 is 1.25 bits per heavy atom. The lowest BCUT2D eigenvalue weighted by molar-refractivity contribution is 0.414. The second-order valence-electron chi connectivity index (χ2n) is 4.52. The van der Waals surface area contributed by atoms with Gasteiger partial charge in [0.15, 0.2) is 0 Å². The van der Waals surface area contributed by atoms with Gasteiger partial charge in [-0.1, -0.05) is 12.1 Å². The lowest BCUT2D eigenvalue weighted by Gasteiger charge is -2.21. The van der Waals surface area contributed by atoms with Crippen molar-refractivity contribution in [2.45, 2.75) is 13.5 Å². The molecule has 0 saturated carbocycles. The van der Waals surface area contributed by atoms with E-state index in [-0.39, 0.29) is 0 Å². The van der Waals surface area contributed by atoms with E-state index in [1.165, 1.54) is 11.9 Å². The topological polar surface area (TPSA) is 76.3 Å². The number of anilines is 2. The van der Waals surface area contributed by atoms with Crippen molar-refractivity contribution in [3.63, 3.8) is 0 Å². The zero-order valence-electron chi connectivity index (χ0n) is 11.9. The molecule has 6 nitrogen and oxygen atoms in total. The lowest BCUT2D eigenvalue weighted by atomic mass is 10.2. The van der Waals surface area contributed by atoms with Crippen LogP contribution in [0.1, 0.15) is 11.1 Å². The molecular weight excluding hydrogens is 254 g/mol. The number of nitrogens with two attached hydrogens (primary N) is 1. The molecule has 0 radical (unpaired) electrons. The van der Waals surface area contributed by atoms with Crippen molar-refractivity contribution in [2.75, 3.05) is 24.5 Å². The van der Waals surface area contributed by atoms with Gasteiger partial charge in [0.2, 0.25) is 0 Å². The molecular formula is C14H19N5O. The molecule has 0 aliphatic carbocycles. The molecule has 20 heavy (non-hydrogen) atoms. The number of hydrogen-bond acceptors (Lipinski definition) is 6. The summed E-state index contributed by atoms with van der Waals surface area (Å²) in [5.41, 5.74) is 4.67. The third kappa shape index (κ3) is 2.97. The van der Waals surface area contributed by atoms with Crippen LogP contribution in [0.4, 0.5) is 11.6 Å². The fourth-order valence-corrected chi connectivity index (χ4v) is 2.05. The number of aromatic nitrogens is 2. The third-order valence-electron chi connectivity index (χ3n) is 3.13. The number of nitrogen functional groups attached to an aromatic ring is 1. The first-order chi connectivity index (χ1) is 9.65. The quantitative estimate of drug-likeness (QED) is 0.638.